The van der Waals surface area contributed by atoms with Gasteiger partial charge < -0.3 is 9.88 Å². The molecule has 1 saturated heterocycles. The van der Waals surface area contributed by atoms with E-state index in [-0.39, 0.29) is 11.5 Å². The van der Waals surface area contributed by atoms with E-state index in [2.05, 4.69) is 4.98 Å². The van der Waals surface area contributed by atoms with Crippen LogP contribution in [0.25, 0.3) is 16.7 Å². The van der Waals surface area contributed by atoms with E-state index in [1.165, 1.54) is 10.6 Å². The number of carbonyl (C=O) groups is 1. The highest BCUT2D eigenvalue weighted by atomic mass is 19.1. The van der Waals surface area contributed by atoms with Crippen molar-refractivity contribution in [1.82, 2.24) is 14.5 Å². The van der Waals surface area contributed by atoms with E-state index in [0.29, 0.717) is 22.6 Å². The first kappa shape index (κ1) is 15.6. The summed E-state index contributed by atoms with van der Waals surface area (Å²) < 4.78 is 14.2. The SMILES string of the molecule is O=C(c1cc2ccc(=O)n(-c3ccc(CF)cc3)c2[nH]1)N1CCCC1. The first-order valence-corrected chi connectivity index (χ1v) is 8.37. The molecule has 3 aromatic rings. The molecule has 1 aliphatic heterocycles. The van der Waals surface area contributed by atoms with Gasteiger partial charge in [-0.1, -0.05) is 12.1 Å². The van der Waals surface area contributed by atoms with E-state index in [1.54, 1.807) is 36.4 Å². The molecule has 128 valence electrons. The number of carbonyl (C=O) groups excluding carboxylic acids is 1. The van der Waals surface area contributed by atoms with Crippen LogP contribution in [-0.4, -0.2) is 33.4 Å². The number of halogens is 1. The number of H-pyrrole nitrogens is 1. The molecule has 1 fully saturated rings. The molecular formula is C19H18FN3O2. The fourth-order valence-electron chi connectivity index (χ4n) is 3.31. The van der Waals surface area contributed by atoms with Crippen LogP contribution in [-0.2, 0) is 6.67 Å². The number of nitrogens with zero attached hydrogens (tertiary/aromatic N) is 2. The smallest absolute Gasteiger partial charge is 0.270 e. The third-order valence-corrected chi connectivity index (χ3v) is 4.65. The molecule has 1 aromatic carbocycles. The van der Waals surface area contributed by atoms with Gasteiger partial charge in [0.15, 0.2) is 0 Å². The molecular weight excluding hydrogens is 321 g/mol. The van der Waals surface area contributed by atoms with Gasteiger partial charge in [-0.15, -0.1) is 0 Å². The Morgan fingerprint density at radius 2 is 1.80 bits per heavy atom. The Morgan fingerprint density at radius 3 is 2.48 bits per heavy atom. The van der Waals surface area contributed by atoms with Gasteiger partial charge in [-0.05, 0) is 42.7 Å². The van der Waals surface area contributed by atoms with E-state index in [4.69, 9.17) is 0 Å². The number of alkyl halides is 1. The lowest BCUT2D eigenvalue weighted by Crippen LogP contribution is -2.27. The molecule has 2 aromatic heterocycles. The van der Waals surface area contributed by atoms with Crippen LogP contribution in [0.5, 0.6) is 0 Å². The maximum absolute atomic E-state index is 12.7. The predicted molar refractivity (Wildman–Crippen MR) is 93.8 cm³/mol. The summed E-state index contributed by atoms with van der Waals surface area (Å²) in [6.07, 6.45) is 2.05. The summed E-state index contributed by atoms with van der Waals surface area (Å²) in [5, 5.41) is 0.789. The van der Waals surface area contributed by atoms with Gasteiger partial charge in [0.1, 0.15) is 18.0 Å². The molecule has 6 heteroatoms. The van der Waals surface area contributed by atoms with E-state index in [9.17, 15) is 14.0 Å². The van der Waals surface area contributed by atoms with E-state index >= 15 is 0 Å². The second-order valence-electron chi connectivity index (χ2n) is 6.29. The predicted octanol–water partition coefficient (Wildman–Crippen LogP) is 3.02. The van der Waals surface area contributed by atoms with Crippen LogP contribution in [0.1, 0.15) is 28.9 Å². The van der Waals surface area contributed by atoms with Gasteiger partial charge in [-0.3, -0.25) is 14.2 Å². The van der Waals surface area contributed by atoms with Crippen LogP contribution in [0.3, 0.4) is 0 Å². The zero-order chi connectivity index (χ0) is 17.4. The largest absolute Gasteiger partial charge is 0.337 e. The number of nitrogens with one attached hydrogen (secondary N) is 1. The standard InChI is InChI=1S/C19H18FN3O2/c20-12-13-3-6-15(7-4-13)23-17(24)8-5-14-11-16(21-18(14)23)19(25)22-9-1-2-10-22/h3-8,11,21H,1-2,9-10,12H2. The highest BCUT2D eigenvalue weighted by molar-refractivity contribution is 5.97. The highest BCUT2D eigenvalue weighted by Crippen LogP contribution is 2.20. The quantitative estimate of drug-likeness (QED) is 0.797. The topological polar surface area (TPSA) is 58.1 Å². The summed E-state index contributed by atoms with van der Waals surface area (Å²) in [4.78, 5) is 29.9. The van der Waals surface area contributed by atoms with Crippen molar-refractivity contribution in [2.24, 2.45) is 0 Å². The van der Waals surface area contributed by atoms with E-state index in [1.807, 2.05) is 4.90 Å². The van der Waals surface area contributed by atoms with Crippen molar-refractivity contribution in [2.75, 3.05) is 13.1 Å². The molecule has 4 rings (SSSR count). The summed E-state index contributed by atoms with van der Waals surface area (Å²) in [6.45, 7) is 0.994. The van der Waals surface area contributed by atoms with Crippen LogP contribution in [0.2, 0.25) is 0 Å². The van der Waals surface area contributed by atoms with E-state index < -0.39 is 6.67 Å². The molecule has 0 radical (unpaired) electrons. The van der Waals surface area contributed by atoms with Crippen LogP contribution in [0.15, 0.2) is 47.3 Å². The number of amides is 1. The summed E-state index contributed by atoms with van der Waals surface area (Å²) in [5.74, 6) is -0.0412. The van der Waals surface area contributed by atoms with Crippen LogP contribution >= 0.6 is 0 Å². The Kier molecular flexibility index (Phi) is 3.87. The zero-order valence-electron chi connectivity index (χ0n) is 13.7. The van der Waals surface area contributed by atoms with Crippen molar-refractivity contribution in [3.05, 3.63) is 64.1 Å². The molecule has 1 aliphatic rings. The normalized spacial score (nSPS) is 14.4. The Morgan fingerprint density at radius 1 is 1.08 bits per heavy atom. The van der Waals surface area contributed by atoms with Crippen molar-refractivity contribution in [1.29, 1.82) is 0 Å². The molecule has 1 N–H and O–H groups in total. The number of aromatic amines is 1. The lowest BCUT2D eigenvalue weighted by molar-refractivity contribution is 0.0788. The van der Waals surface area contributed by atoms with Gasteiger partial charge in [0, 0.05) is 24.5 Å². The maximum Gasteiger partial charge on any atom is 0.270 e. The van der Waals surface area contributed by atoms with Crippen molar-refractivity contribution < 1.29 is 9.18 Å². The molecule has 0 unspecified atom stereocenters. The van der Waals surface area contributed by atoms with Gasteiger partial charge in [0.25, 0.3) is 11.5 Å². The van der Waals surface area contributed by atoms with Gasteiger partial charge in [0.05, 0.1) is 5.69 Å². The second-order valence-corrected chi connectivity index (χ2v) is 6.29. The molecule has 5 nitrogen and oxygen atoms in total. The lowest BCUT2D eigenvalue weighted by atomic mass is 10.2. The zero-order valence-corrected chi connectivity index (χ0v) is 13.7. The maximum atomic E-state index is 12.7. The van der Waals surface area contributed by atoms with Gasteiger partial charge in [-0.2, -0.15) is 0 Å². The van der Waals surface area contributed by atoms with Gasteiger partial charge in [0.2, 0.25) is 0 Å². The summed E-state index contributed by atoms with van der Waals surface area (Å²) in [7, 11) is 0. The average Bonchev–Trinajstić information content (AvgIpc) is 3.31. The fourth-order valence-corrected chi connectivity index (χ4v) is 3.31. The number of rotatable bonds is 3. The third-order valence-electron chi connectivity index (χ3n) is 4.65. The summed E-state index contributed by atoms with van der Waals surface area (Å²) >= 11 is 0. The van der Waals surface area contributed by atoms with Crippen LogP contribution < -0.4 is 5.56 Å². The highest BCUT2D eigenvalue weighted by Gasteiger charge is 2.21. The second kappa shape index (κ2) is 6.20. The number of hydrogen-bond acceptors (Lipinski definition) is 2. The minimum absolute atomic E-state index is 0.0412. The molecule has 1 amide bonds. The monoisotopic (exact) mass is 339 g/mol. The fraction of sp³-hybridized carbons (Fsp3) is 0.263. The number of benzene rings is 1. The van der Waals surface area contributed by atoms with Crippen molar-refractivity contribution >= 4 is 16.9 Å². The van der Waals surface area contributed by atoms with Crippen molar-refractivity contribution in [3.63, 3.8) is 0 Å². The molecule has 0 spiro atoms. The Hall–Kier alpha value is -2.89. The average molecular weight is 339 g/mol. The van der Waals surface area contributed by atoms with E-state index in [0.717, 1.165) is 31.3 Å². The number of hydrogen-bond donors (Lipinski definition) is 1. The summed E-state index contributed by atoms with van der Waals surface area (Å²) in [6, 6.07) is 11.7. The van der Waals surface area contributed by atoms with Gasteiger partial charge in [-0.25, -0.2) is 4.39 Å². The molecule has 0 saturated carbocycles. The molecule has 3 heterocycles. The first-order chi connectivity index (χ1) is 12.2. The van der Waals surface area contributed by atoms with Crippen molar-refractivity contribution in [2.45, 2.75) is 19.5 Å². The molecule has 0 atom stereocenters. The number of likely N-dealkylation sites (tertiary alicyclic amines) is 1. The Balaban J connectivity index is 1.81. The minimum Gasteiger partial charge on any atom is -0.337 e. The summed E-state index contributed by atoms with van der Waals surface area (Å²) in [5.41, 5.74) is 2.04. The van der Waals surface area contributed by atoms with Gasteiger partial charge >= 0.3 is 0 Å². The Bertz CT molecular complexity index is 982. The number of aromatic nitrogens is 2. The number of pyridine rings is 1. The molecule has 25 heavy (non-hydrogen) atoms. The first-order valence-electron chi connectivity index (χ1n) is 8.37. The van der Waals surface area contributed by atoms with Crippen molar-refractivity contribution in [3.8, 4) is 5.69 Å². The molecule has 0 bridgehead atoms. The Labute approximate surface area is 143 Å². The van der Waals surface area contributed by atoms with Crippen LogP contribution in [0.4, 0.5) is 4.39 Å². The van der Waals surface area contributed by atoms with Crippen LogP contribution in [0, 0.1) is 0 Å². The lowest BCUT2D eigenvalue weighted by Gasteiger charge is -2.13. The molecule has 0 aliphatic carbocycles. The minimum atomic E-state index is -0.545. The third kappa shape index (κ3) is 2.73. The number of fused-ring (bicyclic) bond motifs is 1.